The number of hydrogen-bond donors (Lipinski definition) is 2. The highest BCUT2D eigenvalue weighted by Crippen LogP contribution is 2.05. The number of carbonyl (C=O) groups excluding carboxylic acids is 1. The van der Waals surface area contributed by atoms with Gasteiger partial charge in [-0.3, -0.25) is 4.79 Å². The quantitative estimate of drug-likeness (QED) is 0.616. The molecule has 0 unspecified atom stereocenters. The topological polar surface area (TPSA) is 41.1 Å². The molecular formula is C8H12N2O. The van der Waals surface area contributed by atoms with E-state index in [1.807, 2.05) is 0 Å². The highest BCUT2D eigenvalue weighted by Gasteiger charge is 2.09. The maximum Gasteiger partial charge on any atom is 0.251 e. The van der Waals surface area contributed by atoms with Crippen LogP contribution in [-0.4, -0.2) is 5.91 Å². The van der Waals surface area contributed by atoms with E-state index in [-0.39, 0.29) is 5.91 Å². The van der Waals surface area contributed by atoms with Crippen LogP contribution in [0.5, 0.6) is 0 Å². The first-order valence-corrected chi connectivity index (χ1v) is 3.70. The summed E-state index contributed by atoms with van der Waals surface area (Å²) >= 11 is 0. The molecular weight excluding hydrogens is 140 g/mol. The Morgan fingerprint density at radius 3 is 2.82 bits per heavy atom. The van der Waals surface area contributed by atoms with Gasteiger partial charge in [0.25, 0.3) is 5.91 Å². The second kappa shape index (κ2) is 3.23. The van der Waals surface area contributed by atoms with E-state index in [1.54, 1.807) is 6.08 Å². The van der Waals surface area contributed by atoms with Crippen LogP contribution in [0.15, 0.2) is 24.2 Å². The predicted octanol–water partition coefficient (Wildman–Crippen LogP) is 0.861. The first-order chi connectivity index (χ1) is 5.22. The molecule has 1 amide bonds. The van der Waals surface area contributed by atoms with Gasteiger partial charge in [-0.2, -0.15) is 0 Å². The summed E-state index contributed by atoms with van der Waals surface area (Å²) in [5.74, 6) is 0.484. The van der Waals surface area contributed by atoms with Gasteiger partial charge in [0.2, 0.25) is 0 Å². The zero-order valence-corrected chi connectivity index (χ0v) is 6.61. The maximum atomic E-state index is 10.9. The zero-order chi connectivity index (χ0) is 8.27. The van der Waals surface area contributed by atoms with Crippen molar-refractivity contribution >= 4 is 5.91 Å². The minimum atomic E-state index is -0.0859. The van der Waals surface area contributed by atoms with Gasteiger partial charge in [0.1, 0.15) is 5.82 Å². The van der Waals surface area contributed by atoms with Gasteiger partial charge in [-0.15, -0.1) is 0 Å². The third-order valence-electron chi connectivity index (χ3n) is 1.41. The van der Waals surface area contributed by atoms with Crippen molar-refractivity contribution in [3.05, 3.63) is 24.2 Å². The van der Waals surface area contributed by atoms with Crippen molar-refractivity contribution in [3.8, 4) is 0 Å². The van der Waals surface area contributed by atoms with E-state index < -0.39 is 0 Å². The highest BCUT2D eigenvalue weighted by atomic mass is 16.1. The first kappa shape index (κ1) is 7.85. The third kappa shape index (κ3) is 2.11. The van der Waals surface area contributed by atoms with Gasteiger partial charge in [-0.05, 0) is 6.42 Å². The van der Waals surface area contributed by atoms with Gasteiger partial charge >= 0.3 is 0 Å². The molecule has 0 saturated carbocycles. The second-order valence-electron chi connectivity index (χ2n) is 2.51. The monoisotopic (exact) mass is 152 g/mol. The summed E-state index contributed by atoms with van der Waals surface area (Å²) in [4.78, 5) is 10.9. The van der Waals surface area contributed by atoms with Crippen LogP contribution in [0.25, 0.3) is 0 Å². The predicted molar refractivity (Wildman–Crippen MR) is 43.4 cm³/mol. The lowest BCUT2D eigenvalue weighted by Crippen LogP contribution is -2.34. The van der Waals surface area contributed by atoms with E-state index in [0.717, 1.165) is 18.5 Å². The molecule has 60 valence electrons. The van der Waals surface area contributed by atoms with Crippen molar-refractivity contribution in [3.63, 3.8) is 0 Å². The number of nitrogens with one attached hydrogen (secondary N) is 2. The Hall–Kier alpha value is -1.25. The normalized spacial score (nSPS) is 17.0. The lowest BCUT2D eigenvalue weighted by Gasteiger charge is -2.17. The molecule has 3 nitrogen and oxygen atoms in total. The molecule has 2 N–H and O–H groups in total. The fourth-order valence-corrected chi connectivity index (χ4v) is 1.01. The van der Waals surface area contributed by atoms with E-state index in [9.17, 15) is 4.79 Å². The molecule has 11 heavy (non-hydrogen) atoms. The summed E-state index contributed by atoms with van der Waals surface area (Å²) in [7, 11) is 0. The van der Waals surface area contributed by atoms with Crippen LogP contribution in [-0.2, 0) is 4.79 Å². The Morgan fingerprint density at radius 2 is 2.27 bits per heavy atom. The van der Waals surface area contributed by atoms with E-state index in [0.29, 0.717) is 5.82 Å². The molecule has 0 aliphatic carbocycles. The minimum absolute atomic E-state index is 0.0859. The van der Waals surface area contributed by atoms with Crippen LogP contribution in [0, 0.1) is 0 Å². The molecule has 0 aromatic carbocycles. The third-order valence-corrected chi connectivity index (χ3v) is 1.41. The van der Waals surface area contributed by atoms with Crippen molar-refractivity contribution < 1.29 is 4.79 Å². The smallest absolute Gasteiger partial charge is 0.251 e. The Balaban J connectivity index is 2.64. The lowest BCUT2D eigenvalue weighted by atomic mass is 10.2. The lowest BCUT2D eigenvalue weighted by molar-refractivity contribution is -0.116. The molecule has 0 radical (unpaired) electrons. The number of hydrogen-bond acceptors (Lipinski definition) is 2. The van der Waals surface area contributed by atoms with Crippen molar-refractivity contribution in [1.82, 2.24) is 10.6 Å². The Labute approximate surface area is 66.2 Å². The average Bonchev–Trinajstić information content (AvgIpc) is 1.85. The van der Waals surface area contributed by atoms with Crippen LogP contribution in [0.3, 0.4) is 0 Å². The van der Waals surface area contributed by atoms with Crippen molar-refractivity contribution in [2.24, 2.45) is 0 Å². The van der Waals surface area contributed by atoms with Gasteiger partial charge in [0.05, 0.1) is 0 Å². The summed E-state index contributed by atoms with van der Waals surface area (Å²) in [6, 6.07) is 0. The highest BCUT2D eigenvalue weighted by molar-refractivity contribution is 5.90. The molecule has 1 aliphatic rings. The molecule has 1 heterocycles. The molecule has 0 aromatic rings. The van der Waals surface area contributed by atoms with E-state index >= 15 is 0 Å². The van der Waals surface area contributed by atoms with Crippen LogP contribution >= 0.6 is 0 Å². The zero-order valence-electron chi connectivity index (χ0n) is 6.61. The summed E-state index contributed by atoms with van der Waals surface area (Å²) < 4.78 is 0. The fourth-order valence-electron chi connectivity index (χ4n) is 1.01. The van der Waals surface area contributed by atoms with Crippen molar-refractivity contribution in [1.29, 1.82) is 0 Å². The molecule has 1 aliphatic heterocycles. The molecule has 0 fully saturated rings. The van der Waals surface area contributed by atoms with Crippen molar-refractivity contribution in [2.75, 3.05) is 0 Å². The summed E-state index contributed by atoms with van der Waals surface area (Å²) in [5.41, 5.74) is 0.946. The number of amides is 1. The Bertz CT molecular complexity index is 218. The molecule has 0 saturated heterocycles. The standard InChI is InChI=1S/C8H12N2O/c1-3-4-7-5-8(11)10-6(2)9-7/h5,9H,2-4H2,1H3,(H,10,11). The van der Waals surface area contributed by atoms with Gasteiger partial charge in [0, 0.05) is 11.8 Å². The van der Waals surface area contributed by atoms with Crippen molar-refractivity contribution in [2.45, 2.75) is 19.8 Å². The van der Waals surface area contributed by atoms with Crippen LogP contribution < -0.4 is 10.6 Å². The molecule has 3 heteroatoms. The number of allylic oxidation sites excluding steroid dienone is 1. The van der Waals surface area contributed by atoms with Crippen LogP contribution in [0.4, 0.5) is 0 Å². The SMILES string of the molecule is C=C1NC(=O)C=C(CCC)N1. The van der Waals surface area contributed by atoms with E-state index in [2.05, 4.69) is 24.1 Å². The maximum absolute atomic E-state index is 10.9. The Kier molecular flexibility index (Phi) is 2.31. The van der Waals surface area contributed by atoms with Crippen LogP contribution in [0.2, 0.25) is 0 Å². The van der Waals surface area contributed by atoms with Gasteiger partial charge < -0.3 is 10.6 Å². The molecule has 1 rings (SSSR count). The largest absolute Gasteiger partial charge is 0.346 e. The first-order valence-electron chi connectivity index (χ1n) is 3.70. The molecule has 0 aromatic heterocycles. The second-order valence-corrected chi connectivity index (χ2v) is 2.51. The van der Waals surface area contributed by atoms with Gasteiger partial charge in [0.15, 0.2) is 0 Å². The molecule has 0 spiro atoms. The van der Waals surface area contributed by atoms with E-state index in [4.69, 9.17) is 0 Å². The number of carbonyl (C=O) groups is 1. The molecule has 0 atom stereocenters. The van der Waals surface area contributed by atoms with E-state index in [1.165, 1.54) is 0 Å². The van der Waals surface area contributed by atoms with Crippen LogP contribution in [0.1, 0.15) is 19.8 Å². The van der Waals surface area contributed by atoms with Gasteiger partial charge in [-0.1, -0.05) is 19.9 Å². The summed E-state index contributed by atoms with van der Waals surface area (Å²) in [6.45, 7) is 5.68. The summed E-state index contributed by atoms with van der Waals surface area (Å²) in [5, 5.41) is 5.53. The summed E-state index contributed by atoms with van der Waals surface area (Å²) in [6.07, 6.45) is 3.49. The number of rotatable bonds is 2. The minimum Gasteiger partial charge on any atom is -0.346 e. The van der Waals surface area contributed by atoms with Gasteiger partial charge in [-0.25, -0.2) is 0 Å². The average molecular weight is 152 g/mol. The molecule has 0 bridgehead atoms. The Morgan fingerprint density at radius 1 is 1.55 bits per heavy atom. The fraction of sp³-hybridized carbons (Fsp3) is 0.375.